The summed E-state index contributed by atoms with van der Waals surface area (Å²) in [6.07, 6.45) is 2.79. The molecule has 0 aliphatic rings. The van der Waals surface area contributed by atoms with Gasteiger partial charge in [-0.25, -0.2) is 19.9 Å². The zero-order chi connectivity index (χ0) is 14.0. The standard InChI is InChI=1S/C10H10N6O3/c1-5-8(16(17)18)6(15-10(11)14-5)7-9(19-2)13-4-3-12-7/h3-4H,1-2H3,(H2,11,14,15). The normalized spacial score (nSPS) is 10.2. The maximum absolute atomic E-state index is 11.1. The van der Waals surface area contributed by atoms with E-state index in [0.717, 1.165) is 0 Å². The molecule has 0 radical (unpaired) electrons. The summed E-state index contributed by atoms with van der Waals surface area (Å²) in [7, 11) is 1.39. The maximum Gasteiger partial charge on any atom is 0.318 e. The van der Waals surface area contributed by atoms with Gasteiger partial charge in [0.05, 0.1) is 12.0 Å². The van der Waals surface area contributed by atoms with Crippen molar-refractivity contribution in [3.63, 3.8) is 0 Å². The molecule has 98 valence electrons. The molecule has 2 aromatic heterocycles. The van der Waals surface area contributed by atoms with Gasteiger partial charge >= 0.3 is 5.69 Å². The third kappa shape index (κ3) is 2.25. The average molecular weight is 262 g/mol. The van der Waals surface area contributed by atoms with Crippen LogP contribution in [0.1, 0.15) is 5.69 Å². The Morgan fingerprint density at radius 1 is 1.26 bits per heavy atom. The summed E-state index contributed by atoms with van der Waals surface area (Å²) in [6.45, 7) is 1.47. The van der Waals surface area contributed by atoms with E-state index in [9.17, 15) is 10.1 Å². The Labute approximate surface area is 107 Å². The van der Waals surface area contributed by atoms with Crippen LogP contribution < -0.4 is 10.5 Å². The van der Waals surface area contributed by atoms with Crippen LogP contribution in [0.15, 0.2) is 12.4 Å². The fourth-order valence-electron chi connectivity index (χ4n) is 1.61. The number of nitrogen functional groups attached to an aromatic ring is 1. The first kappa shape index (κ1) is 12.6. The number of hydrogen-bond donors (Lipinski definition) is 1. The summed E-state index contributed by atoms with van der Waals surface area (Å²) < 4.78 is 5.02. The Kier molecular flexibility index (Phi) is 3.19. The van der Waals surface area contributed by atoms with Crippen molar-refractivity contribution in [1.29, 1.82) is 0 Å². The van der Waals surface area contributed by atoms with Gasteiger partial charge in [0, 0.05) is 12.4 Å². The summed E-state index contributed by atoms with van der Waals surface area (Å²) in [5.74, 6) is 0.0499. The Bertz CT molecular complexity index is 645. The molecule has 0 fully saturated rings. The molecular formula is C10H10N6O3. The molecule has 0 saturated carbocycles. The highest BCUT2D eigenvalue weighted by atomic mass is 16.6. The Morgan fingerprint density at radius 3 is 2.58 bits per heavy atom. The van der Waals surface area contributed by atoms with Gasteiger partial charge in [0.2, 0.25) is 11.8 Å². The highest BCUT2D eigenvalue weighted by Crippen LogP contribution is 2.33. The lowest BCUT2D eigenvalue weighted by atomic mass is 10.2. The van der Waals surface area contributed by atoms with Crippen molar-refractivity contribution in [2.24, 2.45) is 0 Å². The van der Waals surface area contributed by atoms with Crippen LogP contribution in [0.25, 0.3) is 11.4 Å². The number of nitro groups is 1. The van der Waals surface area contributed by atoms with E-state index in [1.54, 1.807) is 0 Å². The quantitative estimate of drug-likeness (QED) is 0.633. The fraction of sp³-hybridized carbons (Fsp3) is 0.200. The summed E-state index contributed by atoms with van der Waals surface area (Å²) in [5.41, 5.74) is 5.54. The maximum atomic E-state index is 11.1. The first-order chi connectivity index (χ1) is 9.04. The molecule has 19 heavy (non-hydrogen) atoms. The first-order valence-electron chi connectivity index (χ1n) is 5.18. The minimum atomic E-state index is -0.585. The lowest BCUT2D eigenvalue weighted by Gasteiger charge is -2.07. The lowest BCUT2D eigenvalue weighted by Crippen LogP contribution is -2.06. The van der Waals surface area contributed by atoms with E-state index in [2.05, 4.69) is 19.9 Å². The molecule has 0 aliphatic heterocycles. The first-order valence-corrected chi connectivity index (χ1v) is 5.18. The van der Waals surface area contributed by atoms with Crippen molar-refractivity contribution in [3.8, 4) is 17.3 Å². The van der Waals surface area contributed by atoms with E-state index < -0.39 is 4.92 Å². The molecule has 0 aliphatic carbocycles. The number of methoxy groups -OCH3 is 1. The van der Waals surface area contributed by atoms with Gasteiger partial charge in [-0.2, -0.15) is 0 Å². The van der Waals surface area contributed by atoms with E-state index in [-0.39, 0.29) is 34.6 Å². The molecule has 9 nitrogen and oxygen atoms in total. The third-order valence-electron chi connectivity index (χ3n) is 2.34. The molecule has 0 bridgehead atoms. The van der Waals surface area contributed by atoms with E-state index >= 15 is 0 Å². The van der Waals surface area contributed by atoms with Crippen LogP contribution in [-0.2, 0) is 0 Å². The Hall–Kier alpha value is -2.84. The Balaban J connectivity index is 2.77. The van der Waals surface area contributed by atoms with Crippen LogP contribution in [0.2, 0.25) is 0 Å². The van der Waals surface area contributed by atoms with E-state index in [1.807, 2.05) is 0 Å². The average Bonchev–Trinajstić information content (AvgIpc) is 2.37. The second-order valence-electron chi connectivity index (χ2n) is 3.54. The largest absolute Gasteiger partial charge is 0.479 e. The lowest BCUT2D eigenvalue weighted by molar-refractivity contribution is -0.385. The van der Waals surface area contributed by atoms with Crippen molar-refractivity contribution < 1.29 is 9.66 Å². The highest BCUT2D eigenvalue weighted by molar-refractivity contribution is 5.72. The second kappa shape index (κ2) is 4.80. The van der Waals surface area contributed by atoms with Gasteiger partial charge in [-0.05, 0) is 6.92 Å². The van der Waals surface area contributed by atoms with Crippen LogP contribution >= 0.6 is 0 Å². The summed E-state index contributed by atoms with van der Waals surface area (Å²) in [6, 6.07) is 0. The van der Waals surface area contributed by atoms with Gasteiger partial charge in [-0.3, -0.25) is 10.1 Å². The van der Waals surface area contributed by atoms with Crippen LogP contribution in [0.3, 0.4) is 0 Å². The van der Waals surface area contributed by atoms with E-state index in [1.165, 1.54) is 26.4 Å². The summed E-state index contributed by atoms with van der Waals surface area (Å²) in [5, 5.41) is 11.1. The summed E-state index contributed by atoms with van der Waals surface area (Å²) in [4.78, 5) is 26.1. The number of hydrogen-bond acceptors (Lipinski definition) is 8. The van der Waals surface area contributed by atoms with Gasteiger partial charge in [-0.15, -0.1) is 0 Å². The number of nitrogens with two attached hydrogens (primary N) is 1. The third-order valence-corrected chi connectivity index (χ3v) is 2.34. The van der Waals surface area contributed by atoms with Crippen molar-refractivity contribution in [2.45, 2.75) is 6.92 Å². The van der Waals surface area contributed by atoms with Gasteiger partial charge < -0.3 is 10.5 Å². The minimum Gasteiger partial charge on any atom is -0.479 e. The predicted molar refractivity (Wildman–Crippen MR) is 65.4 cm³/mol. The van der Waals surface area contributed by atoms with Crippen LogP contribution in [0, 0.1) is 17.0 Å². The molecule has 2 aromatic rings. The number of aryl methyl sites for hydroxylation is 1. The number of aromatic nitrogens is 4. The molecule has 0 atom stereocenters. The second-order valence-corrected chi connectivity index (χ2v) is 3.54. The van der Waals surface area contributed by atoms with Crippen LogP contribution in [-0.4, -0.2) is 32.0 Å². The van der Waals surface area contributed by atoms with E-state index in [4.69, 9.17) is 10.5 Å². The van der Waals surface area contributed by atoms with Crippen LogP contribution in [0.5, 0.6) is 5.88 Å². The highest BCUT2D eigenvalue weighted by Gasteiger charge is 2.26. The SMILES string of the molecule is COc1nccnc1-c1nc(N)nc(C)c1[N+](=O)[O-]. The molecule has 2 heterocycles. The Morgan fingerprint density at radius 2 is 1.95 bits per heavy atom. The molecule has 2 rings (SSSR count). The molecule has 0 aromatic carbocycles. The zero-order valence-corrected chi connectivity index (χ0v) is 10.2. The summed E-state index contributed by atoms with van der Waals surface area (Å²) >= 11 is 0. The number of ether oxygens (including phenoxy) is 1. The van der Waals surface area contributed by atoms with E-state index in [0.29, 0.717) is 0 Å². The van der Waals surface area contributed by atoms with Crippen molar-refractivity contribution in [3.05, 3.63) is 28.2 Å². The smallest absolute Gasteiger partial charge is 0.318 e. The topological polar surface area (TPSA) is 130 Å². The van der Waals surface area contributed by atoms with Crippen molar-refractivity contribution >= 4 is 11.6 Å². The van der Waals surface area contributed by atoms with Crippen molar-refractivity contribution in [2.75, 3.05) is 12.8 Å². The number of anilines is 1. The zero-order valence-electron chi connectivity index (χ0n) is 10.2. The molecule has 9 heteroatoms. The van der Waals surface area contributed by atoms with Gasteiger partial charge in [0.25, 0.3) is 0 Å². The molecule has 0 amide bonds. The number of rotatable bonds is 3. The fourth-order valence-corrected chi connectivity index (χ4v) is 1.61. The van der Waals surface area contributed by atoms with Gasteiger partial charge in [-0.1, -0.05) is 0 Å². The molecular weight excluding hydrogens is 252 g/mol. The molecule has 0 saturated heterocycles. The van der Waals surface area contributed by atoms with Crippen LogP contribution in [0.4, 0.5) is 11.6 Å². The molecule has 0 spiro atoms. The monoisotopic (exact) mass is 262 g/mol. The molecule has 0 unspecified atom stereocenters. The van der Waals surface area contributed by atoms with Gasteiger partial charge in [0.1, 0.15) is 5.69 Å². The van der Waals surface area contributed by atoms with Crippen molar-refractivity contribution in [1.82, 2.24) is 19.9 Å². The van der Waals surface area contributed by atoms with Gasteiger partial charge in [0.15, 0.2) is 11.4 Å². The number of nitrogens with zero attached hydrogens (tertiary/aromatic N) is 5. The minimum absolute atomic E-state index is 0.0139. The molecule has 2 N–H and O–H groups in total. The predicted octanol–water partition coefficient (Wildman–Crippen LogP) is 0.741.